The van der Waals surface area contributed by atoms with E-state index in [9.17, 15) is 9.59 Å². The number of hydrogen-bond donors (Lipinski definition) is 1. The van der Waals surface area contributed by atoms with Crippen LogP contribution in [0.15, 0.2) is 36.4 Å². The minimum absolute atomic E-state index is 0.345. The lowest BCUT2D eigenvalue weighted by molar-refractivity contribution is -0.124. The fraction of sp³-hybridized carbons (Fsp3) is 0.333. The standard InChI is InChI=1S/C21H25NO5/c1-13-6-7-16(10-14(13)2)21(24)27-12-20(23)22-15(3)18-11-17(25-4)8-9-19(18)26-5/h6-11,15H,12H2,1-5H3,(H,22,23)/t15-/m1/s1. The number of carbonyl (C=O) groups excluding carboxylic acids is 2. The first kappa shape index (κ1) is 20.3. The van der Waals surface area contributed by atoms with E-state index in [4.69, 9.17) is 14.2 Å². The molecular formula is C21H25NO5. The number of carbonyl (C=O) groups is 2. The van der Waals surface area contributed by atoms with Gasteiger partial charge >= 0.3 is 5.97 Å². The van der Waals surface area contributed by atoms with E-state index >= 15 is 0 Å². The van der Waals surface area contributed by atoms with Crippen molar-refractivity contribution in [1.82, 2.24) is 5.32 Å². The second kappa shape index (κ2) is 9.07. The van der Waals surface area contributed by atoms with E-state index in [-0.39, 0.29) is 12.6 Å². The molecule has 0 fully saturated rings. The van der Waals surface area contributed by atoms with Crippen molar-refractivity contribution in [1.29, 1.82) is 0 Å². The van der Waals surface area contributed by atoms with Gasteiger partial charge in [0.15, 0.2) is 6.61 Å². The average Bonchev–Trinajstić information content (AvgIpc) is 2.67. The molecule has 2 rings (SSSR count). The van der Waals surface area contributed by atoms with Crippen LogP contribution in [0, 0.1) is 13.8 Å². The molecule has 0 radical (unpaired) electrons. The van der Waals surface area contributed by atoms with Crippen LogP contribution in [-0.2, 0) is 9.53 Å². The summed E-state index contributed by atoms with van der Waals surface area (Å²) < 4.78 is 15.7. The van der Waals surface area contributed by atoms with Crippen molar-refractivity contribution in [3.63, 3.8) is 0 Å². The van der Waals surface area contributed by atoms with E-state index in [1.54, 1.807) is 44.6 Å². The zero-order chi connectivity index (χ0) is 20.0. The Balaban J connectivity index is 1.97. The summed E-state index contributed by atoms with van der Waals surface area (Å²) in [6.45, 7) is 5.34. The van der Waals surface area contributed by atoms with E-state index in [1.165, 1.54) is 0 Å². The van der Waals surface area contributed by atoms with Gasteiger partial charge in [-0.05, 0) is 62.2 Å². The summed E-state index contributed by atoms with van der Waals surface area (Å²) in [5, 5.41) is 2.80. The zero-order valence-electron chi connectivity index (χ0n) is 16.3. The molecule has 1 amide bonds. The quantitative estimate of drug-likeness (QED) is 0.756. The smallest absolute Gasteiger partial charge is 0.338 e. The van der Waals surface area contributed by atoms with E-state index in [1.807, 2.05) is 26.8 Å². The number of methoxy groups -OCH3 is 2. The lowest BCUT2D eigenvalue weighted by Gasteiger charge is -2.18. The van der Waals surface area contributed by atoms with Gasteiger partial charge in [-0.3, -0.25) is 4.79 Å². The van der Waals surface area contributed by atoms with Crippen LogP contribution < -0.4 is 14.8 Å². The second-order valence-corrected chi connectivity index (χ2v) is 6.27. The highest BCUT2D eigenvalue weighted by Gasteiger charge is 2.17. The number of esters is 1. The maximum absolute atomic E-state index is 12.2. The van der Waals surface area contributed by atoms with Crippen molar-refractivity contribution in [2.24, 2.45) is 0 Å². The van der Waals surface area contributed by atoms with Crippen LogP contribution in [0.25, 0.3) is 0 Å². The first-order chi connectivity index (χ1) is 12.8. The van der Waals surface area contributed by atoms with E-state index in [2.05, 4.69) is 5.32 Å². The third kappa shape index (κ3) is 5.23. The number of amides is 1. The highest BCUT2D eigenvalue weighted by molar-refractivity contribution is 5.91. The summed E-state index contributed by atoms with van der Waals surface area (Å²) in [4.78, 5) is 24.3. The van der Waals surface area contributed by atoms with Crippen LogP contribution >= 0.6 is 0 Å². The van der Waals surface area contributed by atoms with Crippen LogP contribution in [-0.4, -0.2) is 32.7 Å². The predicted octanol–water partition coefficient (Wildman–Crippen LogP) is 3.35. The van der Waals surface area contributed by atoms with Crippen LogP contribution in [0.1, 0.15) is 40.0 Å². The number of aryl methyl sites for hydroxylation is 2. The first-order valence-corrected chi connectivity index (χ1v) is 8.61. The molecule has 6 heteroatoms. The van der Waals surface area contributed by atoms with Gasteiger partial charge in [-0.25, -0.2) is 4.79 Å². The third-order valence-electron chi connectivity index (χ3n) is 4.36. The highest BCUT2D eigenvalue weighted by Crippen LogP contribution is 2.29. The highest BCUT2D eigenvalue weighted by atomic mass is 16.5. The van der Waals surface area contributed by atoms with Gasteiger partial charge in [0.25, 0.3) is 5.91 Å². The Morgan fingerprint density at radius 1 is 1.00 bits per heavy atom. The molecule has 0 spiro atoms. The molecule has 1 N–H and O–H groups in total. The third-order valence-corrected chi connectivity index (χ3v) is 4.36. The van der Waals surface area contributed by atoms with Gasteiger partial charge in [0, 0.05) is 5.56 Å². The molecule has 144 valence electrons. The largest absolute Gasteiger partial charge is 0.497 e. The van der Waals surface area contributed by atoms with Crippen molar-refractivity contribution >= 4 is 11.9 Å². The van der Waals surface area contributed by atoms with E-state index < -0.39 is 11.9 Å². The molecule has 0 saturated carbocycles. The summed E-state index contributed by atoms with van der Waals surface area (Å²) in [7, 11) is 3.13. The number of nitrogens with one attached hydrogen (secondary N) is 1. The van der Waals surface area contributed by atoms with Gasteiger partial charge in [0.2, 0.25) is 0 Å². The summed E-state index contributed by atoms with van der Waals surface area (Å²) in [6.07, 6.45) is 0. The maximum atomic E-state index is 12.2. The molecular weight excluding hydrogens is 346 g/mol. The molecule has 0 heterocycles. The maximum Gasteiger partial charge on any atom is 0.338 e. The Morgan fingerprint density at radius 2 is 1.74 bits per heavy atom. The SMILES string of the molecule is COc1ccc(OC)c([C@@H](C)NC(=O)COC(=O)c2ccc(C)c(C)c2)c1. The number of benzene rings is 2. The molecule has 2 aromatic rings. The molecule has 0 aliphatic carbocycles. The molecule has 0 aliphatic rings. The van der Waals surface area contributed by atoms with Crippen molar-refractivity contribution in [2.45, 2.75) is 26.8 Å². The Kier molecular flexibility index (Phi) is 6.82. The summed E-state index contributed by atoms with van der Waals surface area (Å²) >= 11 is 0. The first-order valence-electron chi connectivity index (χ1n) is 8.61. The van der Waals surface area contributed by atoms with E-state index in [0.717, 1.165) is 16.7 Å². The normalized spacial score (nSPS) is 11.4. The number of rotatable bonds is 7. The summed E-state index contributed by atoms with van der Waals surface area (Å²) in [6, 6.07) is 10.3. The minimum Gasteiger partial charge on any atom is -0.497 e. The van der Waals surface area contributed by atoms with Crippen molar-refractivity contribution in [2.75, 3.05) is 20.8 Å². The van der Waals surface area contributed by atoms with E-state index in [0.29, 0.717) is 17.1 Å². The Morgan fingerprint density at radius 3 is 2.37 bits per heavy atom. The van der Waals surface area contributed by atoms with Gasteiger partial charge in [0.05, 0.1) is 25.8 Å². The molecule has 0 aliphatic heterocycles. The predicted molar refractivity (Wildman–Crippen MR) is 102 cm³/mol. The lowest BCUT2D eigenvalue weighted by Crippen LogP contribution is -2.31. The topological polar surface area (TPSA) is 73.9 Å². The number of hydrogen-bond acceptors (Lipinski definition) is 5. The minimum atomic E-state index is -0.528. The Bertz CT molecular complexity index is 831. The number of ether oxygens (including phenoxy) is 3. The van der Waals surface area contributed by atoms with Gasteiger partial charge < -0.3 is 19.5 Å². The van der Waals surface area contributed by atoms with Gasteiger partial charge in [-0.15, -0.1) is 0 Å². The summed E-state index contributed by atoms with van der Waals surface area (Å²) in [5.41, 5.74) is 3.28. The fourth-order valence-corrected chi connectivity index (χ4v) is 2.62. The van der Waals surface area contributed by atoms with Crippen molar-refractivity contribution in [3.05, 3.63) is 58.7 Å². The van der Waals surface area contributed by atoms with Crippen molar-refractivity contribution in [3.8, 4) is 11.5 Å². The average molecular weight is 371 g/mol. The molecule has 2 aromatic carbocycles. The Hall–Kier alpha value is -3.02. The second-order valence-electron chi connectivity index (χ2n) is 6.27. The molecule has 27 heavy (non-hydrogen) atoms. The molecule has 0 bridgehead atoms. The van der Waals surface area contributed by atoms with Gasteiger partial charge in [-0.1, -0.05) is 6.07 Å². The fourth-order valence-electron chi connectivity index (χ4n) is 2.62. The van der Waals surface area contributed by atoms with Gasteiger partial charge in [-0.2, -0.15) is 0 Å². The van der Waals surface area contributed by atoms with Gasteiger partial charge in [0.1, 0.15) is 11.5 Å². The molecule has 0 aromatic heterocycles. The molecule has 6 nitrogen and oxygen atoms in total. The van der Waals surface area contributed by atoms with Crippen LogP contribution in [0.3, 0.4) is 0 Å². The molecule has 0 unspecified atom stereocenters. The van der Waals surface area contributed by atoms with Crippen LogP contribution in [0.2, 0.25) is 0 Å². The van der Waals surface area contributed by atoms with Crippen molar-refractivity contribution < 1.29 is 23.8 Å². The molecule has 0 saturated heterocycles. The Labute approximate surface area is 159 Å². The lowest BCUT2D eigenvalue weighted by atomic mass is 10.1. The molecule has 1 atom stereocenters. The zero-order valence-corrected chi connectivity index (χ0v) is 16.3. The van der Waals surface area contributed by atoms with Crippen LogP contribution in [0.4, 0.5) is 0 Å². The summed E-state index contributed by atoms with van der Waals surface area (Å²) in [5.74, 6) is 0.369. The monoisotopic (exact) mass is 371 g/mol. The van der Waals surface area contributed by atoms with Crippen LogP contribution in [0.5, 0.6) is 11.5 Å².